The highest BCUT2D eigenvalue weighted by atomic mass is 15.1. The lowest BCUT2D eigenvalue weighted by Gasteiger charge is -2.37. The molecule has 332 valence electrons. The lowest BCUT2D eigenvalue weighted by Crippen LogP contribution is -2.30. The molecule has 1 nitrogen and oxygen atoms in total. The molecule has 2 saturated carbocycles. The average molecular weight is 878 g/mol. The molecule has 1 spiro atoms. The Balaban J connectivity index is 1.06. The molecule has 0 amide bonds. The van der Waals surface area contributed by atoms with Crippen LogP contribution < -0.4 is 4.90 Å². The van der Waals surface area contributed by atoms with Crippen LogP contribution in [0.4, 0.5) is 17.1 Å². The normalized spacial score (nSPS) is 17.0. The first-order valence-corrected chi connectivity index (χ1v) is 25.5. The number of para-hydroxylation sites is 1. The van der Waals surface area contributed by atoms with E-state index in [1.54, 1.807) is 0 Å². The molecule has 9 aromatic rings. The van der Waals surface area contributed by atoms with E-state index >= 15 is 0 Å². The minimum Gasteiger partial charge on any atom is -0.310 e. The zero-order valence-electron chi connectivity index (χ0n) is 39.6. The molecule has 68 heavy (non-hydrogen) atoms. The third kappa shape index (κ3) is 6.35. The van der Waals surface area contributed by atoms with Crippen molar-refractivity contribution in [2.24, 2.45) is 0 Å². The number of nitrogens with zero attached hydrogens (tertiary/aromatic N) is 1. The van der Waals surface area contributed by atoms with Crippen LogP contribution in [0.3, 0.4) is 0 Å². The quantitative estimate of drug-likeness (QED) is 0.154. The van der Waals surface area contributed by atoms with Gasteiger partial charge in [-0.1, -0.05) is 222 Å². The van der Waals surface area contributed by atoms with Crippen molar-refractivity contribution < 1.29 is 0 Å². The van der Waals surface area contributed by atoms with Gasteiger partial charge in [0.1, 0.15) is 0 Å². The van der Waals surface area contributed by atoms with Crippen LogP contribution in [0.15, 0.2) is 200 Å². The molecule has 0 unspecified atom stereocenters. The summed E-state index contributed by atoms with van der Waals surface area (Å²) in [6.45, 7) is 5.10. The maximum atomic E-state index is 2.69. The highest BCUT2D eigenvalue weighted by Crippen LogP contribution is 2.65. The predicted molar refractivity (Wildman–Crippen MR) is 287 cm³/mol. The summed E-state index contributed by atoms with van der Waals surface area (Å²) < 4.78 is 0. The number of hydrogen-bond donors (Lipinski definition) is 0. The van der Waals surface area contributed by atoms with E-state index in [1.807, 2.05) is 0 Å². The largest absolute Gasteiger partial charge is 0.310 e. The second kappa shape index (κ2) is 16.1. The van der Waals surface area contributed by atoms with Crippen molar-refractivity contribution in [2.75, 3.05) is 4.90 Å². The van der Waals surface area contributed by atoms with E-state index in [4.69, 9.17) is 0 Å². The minimum absolute atomic E-state index is 0.170. The molecule has 0 N–H and O–H groups in total. The van der Waals surface area contributed by atoms with Gasteiger partial charge in [0, 0.05) is 16.9 Å². The first kappa shape index (κ1) is 41.2. The third-order valence-electron chi connectivity index (χ3n) is 17.2. The van der Waals surface area contributed by atoms with Crippen molar-refractivity contribution in [3.63, 3.8) is 0 Å². The Hall–Kier alpha value is -6.96. The molecule has 4 aliphatic carbocycles. The van der Waals surface area contributed by atoms with Gasteiger partial charge in [-0.2, -0.15) is 0 Å². The summed E-state index contributed by atoms with van der Waals surface area (Å²) in [5.74, 6) is 0. The first-order valence-electron chi connectivity index (χ1n) is 25.5. The lowest BCUT2D eigenvalue weighted by molar-refractivity contribution is 0.319. The van der Waals surface area contributed by atoms with Crippen molar-refractivity contribution in [2.45, 2.75) is 94.3 Å². The Bertz CT molecular complexity index is 3300. The van der Waals surface area contributed by atoms with Gasteiger partial charge < -0.3 is 4.90 Å². The topological polar surface area (TPSA) is 3.24 Å². The maximum absolute atomic E-state index is 2.69. The van der Waals surface area contributed by atoms with Crippen molar-refractivity contribution in [1.82, 2.24) is 0 Å². The van der Waals surface area contributed by atoms with E-state index in [9.17, 15) is 0 Å². The van der Waals surface area contributed by atoms with Gasteiger partial charge in [0.15, 0.2) is 0 Å². The van der Waals surface area contributed by atoms with Crippen LogP contribution in [0, 0.1) is 0 Å². The zero-order chi connectivity index (χ0) is 45.5. The van der Waals surface area contributed by atoms with Gasteiger partial charge in [-0.15, -0.1) is 0 Å². The highest BCUT2D eigenvalue weighted by molar-refractivity contribution is 5.99. The second-order valence-corrected chi connectivity index (χ2v) is 21.1. The Morgan fingerprint density at radius 1 is 0.338 bits per heavy atom. The minimum atomic E-state index is -0.475. The molecule has 13 rings (SSSR count). The fourth-order valence-corrected chi connectivity index (χ4v) is 13.5. The second-order valence-electron chi connectivity index (χ2n) is 21.1. The number of anilines is 3. The Kier molecular flexibility index (Phi) is 9.76. The summed E-state index contributed by atoms with van der Waals surface area (Å²) in [5.41, 5.74) is 22.4. The van der Waals surface area contributed by atoms with E-state index in [0.717, 1.165) is 17.1 Å². The number of rotatable bonds is 7. The molecule has 0 bridgehead atoms. The summed E-state index contributed by atoms with van der Waals surface area (Å²) in [7, 11) is 0. The Labute approximate surface area is 403 Å². The molecular weight excluding hydrogens is 819 g/mol. The van der Waals surface area contributed by atoms with E-state index in [2.05, 4.69) is 219 Å². The van der Waals surface area contributed by atoms with Crippen molar-refractivity contribution in [1.29, 1.82) is 0 Å². The number of hydrogen-bond acceptors (Lipinski definition) is 1. The molecule has 2 fully saturated rings. The van der Waals surface area contributed by atoms with Crippen LogP contribution >= 0.6 is 0 Å². The van der Waals surface area contributed by atoms with Crippen LogP contribution in [-0.4, -0.2) is 0 Å². The van der Waals surface area contributed by atoms with Crippen LogP contribution in [0.25, 0.3) is 55.3 Å². The predicted octanol–water partition coefficient (Wildman–Crippen LogP) is 18.4. The van der Waals surface area contributed by atoms with Crippen LogP contribution in [0.5, 0.6) is 0 Å². The Morgan fingerprint density at radius 2 is 0.824 bits per heavy atom. The first-order chi connectivity index (χ1) is 33.4. The average Bonchev–Trinajstić information content (AvgIpc) is 3.86. The van der Waals surface area contributed by atoms with Gasteiger partial charge in [0.2, 0.25) is 0 Å². The fraction of sp³-hybridized carbons (Fsp3) is 0.224. The van der Waals surface area contributed by atoms with Crippen LogP contribution in [0.1, 0.15) is 111 Å². The molecule has 0 heterocycles. The summed E-state index contributed by atoms with van der Waals surface area (Å²) >= 11 is 0. The SMILES string of the molecule is CC1(c2ccc3c(c2)C2(c4ccccc4-c4ccc(N(c5ccc(-c6cccc7ccccc67)cc5)c5ccccc5-c5ccccc5)cc42)c2cc(C4(C)CCCCC4)ccc2-3)CCCCC1. The van der Waals surface area contributed by atoms with Gasteiger partial charge in [-0.3, -0.25) is 0 Å². The number of fused-ring (bicyclic) bond motifs is 11. The molecule has 0 aromatic heterocycles. The number of benzene rings is 9. The van der Waals surface area contributed by atoms with Crippen LogP contribution in [0.2, 0.25) is 0 Å². The molecule has 0 radical (unpaired) electrons. The van der Waals surface area contributed by atoms with Crippen molar-refractivity contribution in [3.05, 3.63) is 234 Å². The highest BCUT2D eigenvalue weighted by Gasteiger charge is 2.53. The third-order valence-corrected chi connectivity index (χ3v) is 17.2. The monoisotopic (exact) mass is 877 g/mol. The van der Waals surface area contributed by atoms with Crippen molar-refractivity contribution >= 4 is 27.8 Å². The summed E-state index contributed by atoms with van der Waals surface area (Å²) in [4.78, 5) is 2.53. The van der Waals surface area contributed by atoms with Crippen LogP contribution in [-0.2, 0) is 16.2 Å². The van der Waals surface area contributed by atoms with E-state index < -0.39 is 5.41 Å². The summed E-state index contributed by atoms with van der Waals surface area (Å²) in [6, 6.07) is 76.9. The van der Waals surface area contributed by atoms with Gasteiger partial charge in [0.25, 0.3) is 0 Å². The molecule has 4 aliphatic rings. The molecular formula is C67H59N. The zero-order valence-corrected chi connectivity index (χ0v) is 39.6. The smallest absolute Gasteiger partial charge is 0.0726 e. The molecule has 0 atom stereocenters. The molecule has 0 saturated heterocycles. The van der Waals surface area contributed by atoms with Gasteiger partial charge >= 0.3 is 0 Å². The maximum Gasteiger partial charge on any atom is 0.0726 e. The van der Waals surface area contributed by atoms with Crippen molar-refractivity contribution in [3.8, 4) is 44.5 Å². The van der Waals surface area contributed by atoms with Gasteiger partial charge in [-0.25, -0.2) is 0 Å². The lowest BCUT2D eigenvalue weighted by atomic mass is 9.66. The molecule has 0 aliphatic heterocycles. The van der Waals surface area contributed by atoms with E-state index in [-0.39, 0.29) is 10.8 Å². The summed E-state index contributed by atoms with van der Waals surface area (Å²) in [6.07, 6.45) is 12.9. The Morgan fingerprint density at radius 3 is 1.50 bits per heavy atom. The standard InChI is InChI=1S/C67H59N/c1-65(39-14-4-15-40-65)49-31-36-57-58-37-32-50(66(2)41-16-5-17-42-66)44-62(58)67(61(57)43-49)60-27-12-10-25-56(60)59-38-35-52(45-63(59)67)68(64-28-13-11-24-55(64)47-19-6-3-7-20-47)51-33-29-48(30-34-51)54-26-18-22-46-21-8-9-23-53(46)54/h3,6-13,18-38,43-45H,4-5,14-17,39-42H2,1-2H3. The molecule has 1 heteroatoms. The van der Waals surface area contributed by atoms with E-state index in [1.165, 1.54) is 153 Å². The van der Waals surface area contributed by atoms with E-state index in [0.29, 0.717) is 0 Å². The van der Waals surface area contributed by atoms with Gasteiger partial charge in [0.05, 0.1) is 11.1 Å². The molecule has 9 aromatic carbocycles. The summed E-state index contributed by atoms with van der Waals surface area (Å²) in [5, 5.41) is 2.53. The van der Waals surface area contributed by atoms with Gasteiger partial charge in [-0.05, 0) is 150 Å². The fourth-order valence-electron chi connectivity index (χ4n) is 13.5.